The van der Waals surface area contributed by atoms with Gasteiger partial charge < -0.3 is 19.4 Å². The first-order valence-corrected chi connectivity index (χ1v) is 9.64. The summed E-state index contributed by atoms with van der Waals surface area (Å²) in [5, 5.41) is 0. The van der Waals surface area contributed by atoms with Gasteiger partial charge in [0.25, 0.3) is 0 Å². The average molecular weight is 381 g/mol. The van der Waals surface area contributed by atoms with E-state index < -0.39 is 0 Å². The molecular weight excluding hydrogens is 354 g/mol. The topological polar surface area (TPSA) is 53.1 Å². The van der Waals surface area contributed by atoms with Crippen LogP contribution in [-0.2, 0) is 9.59 Å². The van der Waals surface area contributed by atoms with E-state index in [1.54, 1.807) is 16.9 Å². The Morgan fingerprint density at radius 2 is 1.61 bits per heavy atom. The molecule has 6 nitrogen and oxygen atoms in total. The molecule has 148 valence electrons. The van der Waals surface area contributed by atoms with Gasteiger partial charge in [-0.25, -0.2) is 0 Å². The van der Waals surface area contributed by atoms with Gasteiger partial charge in [-0.3, -0.25) is 9.59 Å². The summed E-state index contributed by atoms with van der Waals surface area (Å²) in [4.78, 5) is 31.0. The normalized spacial score (nSPS) is 13.9. The van der Waals surface area contributed by atoms with E-state index in [1.165, 1.54) is 0 Å². The fraction of sp³-hybridized carbons (Fsp3) is 0.364. The van der Waals surface area contributed by atoms with Crippen molar-refractivity contribution in [3.05, 3.63) is 54.6 Å². The molecule has 1 saturated heterocycles. The van der Waals surface area contributed by atoms with Crippen LogP contribution in [0.3, 0.4) is 0 Å². The van der Waals surface area contributed by atoms with Crippen LogP contribution in [0.2, 0.25) is 0 Å². The van der Waals surface area contributed by atoms with Crippen molar-refractivity contribution in [3.63, 3.8) is 0 Å². The maximum atomic E-state index is 12.6. The largest absolute Gasteiger partial charge is 0.497 e. The molecule has 0 bridgehead atoms. The number of hydrogen-bond donors (Lipinski definition) is 0. The fourth-order valence-electron chi connectivity index (χ4n) is 3.45. The Bertz CT molecular complexity index is 784. The average Bonchev–Trinajstić information content (AvgIpc) is 2.75. The summed E-state index contributed by atoms with van der Waals surface area (Å²) in [5.74, 6) is 0.569. The summed E-state index contributed by atoms with van der Waals surface area (Å²) in [6.07, 6.45) is -0.0920. The molecule has 0 aliphatic carbocycles. The Morgan fingerprint density at radius 3 is 2.18 bits per heavy atom. The van der Waals surface area contributed by atoms with E-state index in [1.807, 2.05) is 61.5 Å². The zero-order valence-electron chi connectivity index (χ0n) is 16.5. The SMILES string of the molecule is CCN(C(=O)CC(=O)N1CCN(c2ccc(OC)cc2)CC1)c1ccccc1. The monoisotopic (exact) mass is 381 g/mol. The van der Waals surface area contributed by atoms with E-state index in [2.05, 4.69) is 4.90 Å². The van der Waals surface area contributed by atoms with Crippen molar-refractivity contribution in [1.82, 2.24) is 4.90 Å². The summed E-state index contributed by atoms with van der Waals surface area (Å²) in [5.41, 5.74) is 1.94. The molecule has 0 aromatic heterocycles. The maximum Gasteiger partial charge on any atom is 0.236 e. The van der Waals surface area contributed by atoms with E-state index >= 15 is 0 Å². The smallest absolute Gasteiger partial charge is 0.236 e. The first-order valence-electron chi connectivity index (χ1n) is 9.64. The fourth-order valence-corrected chi connectivity index (χ4v) is 3.45. The standard InChI is InChI=1S/C22H27N3O3/c1-3-25(19-7-5-4-6-8-19)22(27)17-21(26)24-15-13-23(14-16-24)18-9-11-20(28-2)12-10-18/h4-12H,3,13-17H2,1-2H3. The minimum atomic E-state index is -0.156. The summed E-state index contributed by atoms with van der Waals surface area (Å²) in [7, 11) is 1.65. The van der Waals surface area contributed by atoms with Gasteiger partial charge in [0, 0.05) is 44.1 Å². The third-order valence-electron chi connectivity index (χ3n) is 5.06. The number of amides is 2. The van der Waals surface area contributed by atoms with E-state index in [0.717, 1.165) is 30.2 Å². The number of nitrogens with zero attached hydrogens (tertiary/aromatic N) is 3. The van der Waals surface area contributed by atoms with Crippen molar-refractivity contribution in [3.8, 4) is 5.75 Å². The van der Waals surface area contributed by atoms with Crippen LogP contribution in [0, 0.1) is 0 Å². The van der Waals surface area contributed by atoms with Gasteiger partial charge in [-0.15, -0.1) is 0 Å². The van der Waals surface area contributed by atoms with E-state index in [0.29, 0.717) is 19.6 Å². The molecule has 1 aliphatic heterocycles. The Morgan fingerprint density at radius 1 is 0.964 bits per heavy atom. The van der Waals surface area contributed by atoms with E-state index in [-0.39, 0.29) is 18.2 Å². The molecule has 0 atom stereocenters. The minimum Gasteiger partial charge on any atom is -0.497 e. The number of benzene rings is 2. The van der Waals surface area contributed by atoms with Crippen molar-refractivity contribution in [2.45, 2.75) is 13.3 Å². The van der Waals surface area contributed by atoms with Crippen LogP contribution in [0.5, 0.6) is 5.75 Å². The molecule has 0 saturated carbocycles. The predicted molar refractivity (Wildman–Crippen MR) is 111 cm³/mol. The van der Waals surface area contributed by atoms with Gasteiger partial charge >= 0.3 is 0 Å². The van der Waals surface area contributed by atoms with Crippen LogP contribution in [0.25, 0.3) is 0 Å². The molecule has 28 heavy (non-hydrogen) atoms. The molecule has 0 unspecified atom stereocenters. The number of ether oxygens (including phenoxy) is 1. The molecule has 0 N–H and O–H groups in total. The second kappa shape index (κ2) is 9.26. The number of para-hydroxylation sites is 1. The number of carbonyl (C=O) groups excluding carboxylic acids is 2. The Labute approximate surface area is 166 Å². The molecule has 0 radical (unpaired) electrons. The Balaban J connectivity index is 1.53. The highest BCUT2D eigenvalue weighted by Gasteiger charge is 2.25. The molecule has 3 rings (SSSR count). The zero-order chi connectivity index (χ0) is 19.9. The number of hydrogen-bond acceptors (Lipinski definition) is 4. The summed E-state index contributed by atoms with van der Waals surface area (Å²) in [6, 6.07) is 17.4. The van der Waals surface area contributed by atoms with Gasteiger partial charge in [0.05, 0.1) is 7.11 Å². The first-order chi connectivity index (χ1) is 13.6. The van der Waals surface area contributed by atoms with Crippen molar-refractivity contribution >= 4 is 23.2 Å². The van der Waals surface area contributed by atoms with E-state index in [9.17, 15) is 9.59 Å². The quantitative estimate of drug-likeness (QED) is 0.722. The van der Waals surface area contributed by atoms with Crippen molar-refractivity contribution < 1.29 is 14.3 Å². The first kappa shape index (κ1) is 19.7. The summed E-state index contributed by atoms with van der Waals surface area (Å²) in [6.45, 7) is 5.21. The molecule has 2 aromatic rings. The lowest BCUT2D eigenvalue weighted by atomic mass is 10.2. The lowest BCUT2D eigenvalue weighted by molar-refractivity contribution is -0.135. The Hall–Kier alpha value is -3.02. The van der Waals surface area contributed by atoms with Crippen LogP contribution in [0.1, 0.15) is 13.3 Å². The van der Waals surface area contributed by atoms with Gasteiger partial charge in [0.2, 0.25) is 11.8 Å². The third-order valence-corrected chi connectivity index (χ3v) is 5.06. The van der Waals surface area contributed by atoms with Gasteiger partial charge in [-0.1, -0.05) is 18.2 Å². The van der Waals surface area contributed by atoms with Gasteiger partial charge in [0.15, 0.2) is 0 Å². The number of methoxy groups -OCH3 is 1. The maximum absolute atomic E-state index is 12.6. The Kier molecular flexibility index (Phi) is 6.53. The second-order valence-electron chi connectivity index (χ2n) is 6.72. The van der Waals surface area contributed by atoms with Gasteiger partial charge in [-0.2, -0.15) is 0 Å². The van der Waals surface area contributed by atoms with Crippen LogP contribution in [0.15, 0.2) is 54.6 Å². The van der Waals surface area contributed by atoms with Gasteiger partial charge in [-0.05, 0) is 43.3 Å². The van der Waals surface area contributed by atoms with Crippen LogP contribution in [0.4, 0.5) is 11.4 Å². The highest BCUT2D eigenvalue weighted by Crippen LogP contribution is 2.21. The molecule has 1 fully saturated rings. The lowest BCUT2D eigenvalue weighted by Crippen LogP contribution is -2.49. The molecule has 2 aromatic carbocycles. The number of carbonyl (C=O) groups is 2. The molecule has 0 spiro atoms. The predicted octanol–water partition coefficient (Wildman–Crippen LogP) is 2.79. The highest BCUT2D eigenvalue weighted by molar-refractivity contribution is 6.05. The third kappa shape index (κ3) is 4.63. The summed E-state index contributed by atoms with van der Waals surface area (Å²) < 4.78 is 5.20. The molecule has 1 heterocycles. The molecule has 1 aliphatic rings. The highest BCUT2D eigenvalue weighted by atomic mass is 16.5. The van der Waals surface area contributed by atoms with Crippen LogP contribution >= 0.6 is 0 Å². The van der Waals surface area contributed by atoms with Crippen molar-refractivity contribution in [1.29, 1.82) is 0 Å². The minimum absolute atomic E-state index is 0.0920. The second-order valence-corrected chi connectivity index (χ2v) is 6.72. The lowest BCUT2D eigenvalue weighted by Gasteiger charge is -2.36. The van der Waals surface area contributed by atoms with Crippen LogP contribution < -0.4 is 14.5 Å². The number of rotatable bonds is 6. The number of anilines is 2. The van der Waals surface area contributed by atoms with E-state index in [4.69, 9.17) is 4.74 Å². The van der Waals surface area contributed by atoms with Crippen molar-refractivity contribution in [2.24, 2.45) is 0 Å². The molecular formula is C22H27N3O3. The molecule has 6 heteroatoms. The van der Waals surface area contributed by atoms with Gasteiger partial charge in [0.1, 0.15) is 12.2 Å². The van der Waals surface area contributed by atoms with Crippen molar-refractivity contribution in [2.75, 3.05) is 49.6 Å². The van der Waals surface area contributed by atoms with Crippen LogP contribution in [-0.4, -0.2) is 56.5 Å². The zero-order valence-corrected chi connectivity index (χ0v) is 16.5. The number of piperazine rings is 1. The molecule has 2 amide bonds. The summed E-state index contributed by atoms with van der Waals surface area (Å²) >= 11 is 0.